The molecule has 2 N–H and O–H groups in total. The summed E-state index contributed by atoms with van der Waals surface area (Å²) in [6.07, 6.45) is 0. The molecule has 0 aliphatic carbocycles. The van der Waals surface area contributed by atoms with Crippen LogP contribution in [0.4, 0.5) is 15.8 Å². The van der Waals surface area contributed by atoms with Gasteiger partial charge in [-0.2, -0.15) is 0 Å². The van der Waals surface area contributed by atoms with Crippen LogP contribution in [0.5, 0.6) is 0 Å². The highest BCUT2D eigenvalue weighted by Gasteiger charge is 2.11. The third-order valence-electron chi connectivity index (χ3n) is 2.88. The molecule has 2 rings (SSSR count). The van der Waals surface area contributed by atoms with Crippen molar-refractivity contribution in [2.45, 2.75) is 6.92 Å². The minimum Gasteiger partial charge on any atom is -0.387 e. The Morgan fingerprint density at radius 1 is 1.11 bits per heavy atom. The summed E-state index contributed by atoms with van der Waals surface area (Å²) in [6, 6.07) is 11.5. The molecule has 1 amide bonds. The van der Waals surface area contributed by atoms with Crippen LogP contribution in [0, 0.1) is 12.7 Å². The highest BCUT2D eigenvalue weighted by molar-refractivity contribution is 6.08. The van der Waals surface area contributed by atoms with Gasteiger partial charge in [-0.1, -0.05) is 12.1 Å². The Kier molecular flexibility index (Phi) is 3.80. The van der Waals surface area contributed by atoms with Gasteiger partial charge in [0.15, 0.2) is 0 Å². The van der Waals surface area contributed by atoms with Crippen molar-refractivity contribution in [3.05, 3.63) is 59.4 Å². The number of rotatable bonds is 3. The molecule has 0 unspecified atom stereocenters. The number of nitrogens with one attached hydrogen (secondary N) is 2. The third kappa shape index (κ3) is 2.91. The van der Waals surface area contributed by atoms with Gasteiger partial charge in [-0.15, -0.1) is 0 Å². The van der Waals surface area contributed by atoms with Crippen molar-refractivity contribution in [3.63, 3.8) is 0 Å². The van der Waals surface area contributed by atoms with Crippen LogP contribution in [-0.4, -0.2) is 13.0 Å². The number of anilines is 2. The Hall–Kier alpha value is -2.36. The van der Waals surface area contributed by atoms with Gasteiger partial charge in [0.05, 0.1) is 5.56 Å². The van der Waals surface area contributed by atoms with Gasteiger partial charge in [-0.3, -0.25) is 4.79 Å². The van der Waals surface area contributed by atoms with E-state index in [1.807, 2.05) is 12.1 Å². The number of benzene rings is 2. The molecule has 0 saturated carbocycles. The van der Waals surface area contributed by atoms with Crippen LogP contribution in [-0.2, 0) is 0 Å². The van der Waals surface area contributed by atoms with Crippen LogP contribution < -0.4 is 10.6 Å². The van der Waals surface area contributed by atoms with Crippen molar-refractivity contribution in [1.82, 2.24) is 0 Å². The minimum absolute atomic E-state index is 0.223. The van der Waals surface area contributed by atoms with E-state index in [-0.39, 0.29) is 11.7 Å². The van der Waals surface area contributed by atoms with E-state index >= 15 is 0 Å². The van der Waals surface area contributed by atoms with Crippen molar-refractivity contribution < 1.29 is 9.18 Å². The Balaban J connectivity index is 2.26. The molecular weight excluding hydrogens is 243 g/mol. The van der Waals surface area contributed by atoms with Gasteiger partial charge in [-0.05, 0) is 42.8 Å². The molecule has 2 aromatic carbocycles. The first-order valence-corrected chi connectivity index (χ1v) is 5.96. The molecule has 0 spiro atoms. The van der Waals surface area contributed by atoms with E-state index in [2.05, 4.69) is 10.6 Å². The number of carbonyl (C=O) groups is 1. The van der Waals surface area contributed by atoms with Crippen molar-refractivity contribution >= 4 is 17.3 Å². The number of hydrogen-bond donors (Lipinski definition) is 2. The van der Waals surface area contributed by atoms with Gasteiger partial charge in [0, 0.05) is 18.4 Å². The number of aryl methyl sites for hydroxylation is 1. The molecule has 19 heavy (non-hydrogen) atoms. The largest absolute Gasteiger partial charge is 0.387 e. The Labute approximate surface area is 111 Å². The quantitative estimate of drug-likeness (QED) is 0.885. The fraction of sp³-hybridized carbons (Fsp3) is 0.133. The smallest absolute Gasteiger partial charge is 0.257 e. The summed E-state index contributed by atoms with van der Waals surface area (Å²) < 4.78 is 13.0. The summed E-state index contributed by atoms with van der Waals surface area (Å²) in [6.45, 7) is 1.75. The molecule has 0 aliphatic rings. The van der Waals surface area contributed by atoms with Gasteiger partial charge >= 0.3 is 0 Å². The van der Waals surface area contributed by atoms with Crippen molar-refractivity contribution in [2.75, 3.05) is 17.7 Å². The van der Waals surface area contributed by atoms with Gasteiger partial charge in [0.2, 0.25) is 0 Å². The maximum absolute atomic E-state index is 13.0. The number of carbonyl (C=O) groups excluding carboxylic acids is 1. The molecular formula is C15H15FN2O. The second kappa shape index (κ2) is 5.52. The Morgan fingerprint density at radius 3 is 2.53 bits per heavy atom. The molecule has 2 aromatic rings. The summed E-state index contributed by atoms with van der Waals surface area (Å²) in [4.78, 5) is 12.2. The van der Waals surface area contributed by atoms with Gasteiger partial charge in [-0.25, -0.2) is 4.39 Å². The standard InChI is InChI=1S/C15H15FN2O/c1-10-9-11(16)7-8-13(10)18-15(19)12-5-3-4-6-14(12)17-2/h3-9,17H,1-2H3,(H,18,19). The average molecular weight is 258 g/mol. The number of hydrogen-bond acceptors (Lipinski definition) is 2. The van der Waals surface area contributed by atoms with Crippen molar-refractivity contribution in [1.29, 1.82) is 0 Å². The molecule has 4 heteroatoms. The zero-order chi connectivity index (χ0) is 13.8. The highest BCUT2D eigenvalue weighted by atomic mass is 19.1. The van der Waals surface area contributed by atoms with Crippen LogP contribution in [0.2, 0.25) is 0 Å². The molecule has 0 fully saturated rings. The first-order chi connectivity index (χ1) is 9.11. The zero-order valence-corrected chi connectivity index (χ0v) is 10.8. The van der Waals surface area contributed by atoms with Crippen molar-refractivity contribution in [2.24, 2.45) is 0 Å². The number of amides is 1. The zero-order valence-electron chi connectivity index (χ0n) is 10.8. The van der Waals surface area contributed by atoms with E-state index in [0.29, 0.717) is 16.8 Å². The first-order valence-electron chi connectivity index (χ1n) is 5.96. The molecule has 0 aromatic heterocycles. The average Bonchev–Trinajstić information content (AvgIpc) is 2.41. The van der Waals surface area contributed by atoms with E-state index < -0.39 is 0 Å². The fourth-order valence-electron chi connectivity index (χ4n) is 1.86. The lowest BCUT2D eigenvalue weighted by molar-refractivity contribution is 0.102. The molecule has 98 valence electrons. The lowest BCUT2D eigenvalue weighted by Crippen LogP contribution is -2.14. The summed E-state index contributed by atoms with van der Waals surface area (Å²) in [5.74, 6) is -0.536. The molecule has 0 radical (unpaired) electrons. The molecule has 0 aliphatic heterocycles. The fourth-order valence-corrected chi connectivity index (χ4v) is 1.86. The second-order valence-corrected chi connectivity index (χ2v) is 4.21. The van der Waals surface area contributed by atoms with E-state index in [0.717, 1.165) is 5.69 Å². The predicted molar refractivity (Wildman–Crippen MR) is 75.1 cm³/mol. The first kappa shape index (κ1) is 13.1. The van der Waals surface area contributed by atoms with Crippen LogP contribution >= 0.6 is 0 Å². The maximum Gasteiger partial charge on any atom is 0.257 e. The van der Waals surface area contributed by atoms with E-state index in [1.165, 1.54) is 12.1 Å². The SMILES string of the molecule is CNc1ccccc1C(=O)Nc1ccc(F)cc1C. The van der Waals surface area contributed by atoms with Crippen LogP contribution in [0.25, 0.3) is 0 Å². The summed E-state index contributed by atoms with van der Waals surface area (Å²) in [5, 5.41) is 5.75. The molecule has 3 nitrogen and oxygen atoms in total. The molecule has 0 bridgehead atoms. The number of halogens is 1. The molecule has 0 saturated heterocycles. The molecule has 0 atom stereocenters. The normalized spacial score (nSPS) is 10.1. The van der Waals surface area contributed by atoms with Crippen molar-refractivity contribution in [3.8, 4) is 0 Å². The second-order valence-electron chi connectivity index (χ2n) is 4.21. The third-order valence-corrected chi connectivity index (χ3v) is 2.88. The predicted octanol–water partition coefficient (Wildman–Crippen LogP) is 3.43. The summed E-state index contributed by atoms with van der Waals surface area (Å²) in [5.41, 5.74) is 2.60. The highest BCUT2D eigenvalue weighted by Crippen LogP contribution is 2.19. The Bertz CT molecular complexity index is 611. The lowest BCUT2D eigenvalue weighted by atomic mass is 10.1. The van der Waals surface area contributed by atoms with Gasteiger partial charge in [0.1, 0.15) is 5.82 Å². The monoisotopic (exact) mass is 258 g/mol. The van der Waals surface area contributed by atoms with Gasteiger partial charge in [0.25, 0.3) is 5.91 Å². The van der Waals surface area contributed by atoms with Crippen LogP contribution in [0.3, 0.4) is 0 Å². The number of para-hydroxylation sites is 1. The maximum atomic E-state index is 13.0. The van der Waals surface area contributed by atoms with E-state index in [9.17, 15) is 9.18 Å². The van der Waals surface area contributed by atoms with Gasteiger partial charge < -0.3 is 10.6 Å². The minimum atomic E-state index is -0.314. The Morgan fingerprint density at radius 2 is 1.84 bits per heavy atom. The molecule has 0 heterocycles. The van der Waals surface area contributed by atoms with E-state index in [4.69, 9.17) is 0 Å². The topological polar surface area (TPSA) is 41.1 Å². The summed E-state index contributed by atoms with van der Waals surface area (Å²) in [7, 11) is 1.76. The van der Waals surface area contributed by atoms with E-state index in [1.54, 1.807) is 32.2 Å². The summed E-state index contributed by atoms with van der Waals surface area (Å²) >= 11 is 0. The van der Waals surface area contributed by atoms with Crippen LogP contribution in [0.15, 0.2) is 42.5 Å². The van der Waals surface area contributed by atoms with Crippen LogP contribution in [0.1, 0.15) is 15.9 Å². The lowest BCUT2D eigenvalue weighted by Gasteiger charge is -2.11.